The van der Waals surface area contributed by atoms with Gasteiger partial charge in [-0.1, -0.05) is 6.07 Å². The Labute approximate surface area is 124 Å². The fourth-order valence-corrected chi connectivity index (χ4v) is 3.88. The van der Waals surface area contributed by atoms with E-state index in [2.05, 4.69) is 4.98 Å². The predicted molar refractivity (Wildman–Crippen MR) is 76.6 cm³/mol. The second-order valence-corrected chi connectivity index (χ2v) is 6.16. The zero-order valence-electron chi connectivity index (χ0n) is 11.9. The van der Waals surface area contributed by atoms with Crippen molar-refractivity contribution >= 4 is 11.9 Å². The Morgan fingerprint density at radius 3 is 2.57 bits per heavy atom. The first-order valence-corrected chi connectivity index (χ1v) is 7.55. The molecule has 2 unspecified atom stereocenters. The minimum Gasteiger partial charge on any atom is -0.481 e. The molecule has 5 heteroatoms. The van der Waals surface area contributed by atoms with E-state index in [1.165, 1.54) is 0 Å². The average Bonchev–Trinajstić information content (AvgIpc) is 2.71. The van der Waals surface area contributed by atoms with Crippen LogP contribution in [0.3, 0.4) is 0 Å². The molecule has 2 saturated heterocycles. The lowest BCUT2D eigenvalue weighted by molar-refractivity contribution is -0.139. The number of hydrogen-bond acceptors (Lipinski definition) is 3. The van der Waals surface area contributed by atoms with Gasteiger partial charge in [0.1, 0.15) is 0 Å². The van der Waals surface area contributed by atoms with Gasteiger partial charge in [0.25, 0.3) is 0 Å². The van der Waals surface area contributed by atoms with Gasteiger partial charge in [-0.15, -0.1) is 0 Å². The zero-order valence-corrected chi connectivity index (χ0v) is 11.9. The highest BCUT2D eigenvalue weighted by Gasteiger charge is 2.43. The molecule has 0 aromatic carbocycles. The summed E-state index contributed by atoms with van der Waals surface area (Å²) in [6, 6.07) is 4.23. The number of aromatic nitrogens is 1. The number of carboxylic acid groups (broad SMARTS) is 1. The number of carbonyl (C=O) groups excluding carboxylic acids is 1. The molecule has 0 saturated carbocycles. The van der Waals surface area contributed by atoms with E-state index >= 15 is 0 Å². The molecule has 1 N–H and O–H groups in total. The van der Waals surface area contributed by atoms with Crippen LogP contribution in [0, 0.1) is 5.92 Å². The summed E-state index contributed by atoms with van der Waals surface area (Å²) in [5, 5.41) is 8.94. The van der Waals surface area contributed by atoms with Crippen molar-refractivity contribution in [2.75, 3.05) is 0 Å². The highest BCUT2D eigenvalue weighted by molar-refractivity contribution is 5.80. The van der Waals surface area contributed by atoms with Crippen LogP contribution in [0.4, 0.5) is 0 Å². The topological polar surface area (TPSA) is 70.5 Å². The standard InChI is InChI=1S/C16H20N2O3/c19-15(8-11-2-1-5-17-10-11)18-13-3-4-14(18)7-12(6-13)9-16(20)21/h1-2,5,10,12-14H,3-4,6-9H2,(H,20,21). The van der Waals surface area contributed by atoms with Crippen molar-refractivity contribution in [1.82, 2.24) is 9.88 Å². The van der Waals surface area contributed by atoms with E-state index in [0.717, 1.165) is 31.2 Å². The highest BCUT2D eigenvalue weighted by atomic mass is 16.4. The van der Waals surface area contributed by atoms with Gasteiger partial charge in [-0.2, -0.15) is 0 Å². The van der Waals surface area contributed by atoms with Crippen LogP contribution in [0.5, 0.6) is 0 Å². The minimum atomic E-state index is -0.727. The van der Waals surface area contributed by atoms with Gasteiger partial charge in [-0.3, -0.25) is 14.6 Å². The number of amides is 1. The third-order valence-corrected chi connectivity index (χ3v) is 4.66. The largest absolute Gasteiger partial charge is 0.481 e. The van der Waals surface area contributed by atoms with Crippen molar-refractivity contribution in [3.63, 3.8) is 0 Å². The number of rotatable bonds is 4. The van der Waals surface area contributed by atoms with Crippen LogP contribution in [0.25, 0.3) is 0 Å². The molecule has 1 aromatic rings. The average molecular weight is 288 g/mol. The van der Waals surface area contributed by atoms with E-state index in [4.69, 9.17) is 5.11 Å². The summed E-state index contributed by atoms with van der Waals surface area (Å²) in [4.78, 5) is 29.5. The SMILES string of the molecule is O=C(O)CC1CC2CCC(C1)N2C(=O)Cc1cccnc1. The zero-order chi connectivity index (χ0) is 14.8. The van der Waals surface area contributed by atoms with Crippen LogP contribution >= 0.6 is 0 Å². The molecule has 1 amide bonds. The molecule has 5 nitrogen and oxygen atoms in total. The molecular formula is C16H20N2O3. The van der Waals surface area contributed by atoms with Crippen molar-refractivity contribution in [3.05, 3.63) is 30.1 Å². The molecule has 2 bridgehead atoms. The molecule has 2 fully saturated rings. The van der Waals surface area contributed by atoms with Crippen LogP contribution in [-0.4, -0.2) is 39.0 Å². The van der Waals surface area contributed by atoms with E-state index in [1.54, 1.807) is 12.4 Å². The van der Waals surface area contributed by atoms with Gasteiger partial charge < -0.3 is 10.0 Å². The molecule has 2 aliphatic rings. The molecule has 112 valence electrons. The molecule has 21 heavy (non-hydrogen) atoms. The third-order valence-electron chi connectivity index (χ3n) is 4.66. The predicted octanol–water partition coefficient (Wildman–Crippen LogP) is 1.87. The number of piperidine rings is 1. The molecule has 0 aliphatic carbocycles. The van der Waals surface area contributed by atoms with E-state index < -0.39 is 5.97 Å². The molecule has 1 aromatic heterocycles. The maximum Gasteiger partial charge on any atom is 0.303 e. The van der Waals surface area contributed by atoms with Crippen LogP contribution in [0.1, 0.15) is 37.7 Å². The maximum atomic E-state index is 12.5. The first kappa shape index (κ1) is 14.0. The number of pyridine rings is 1. The number of nitrogens with zero attached hydrogens (tertiary/aromatic N) is 2. The summed E-state index contributed by atoms with van der Waals surface area (Å²) in [6.07, 6.45) is 7.76. The smallest absolute Gasteiger partial charge is 0.303 e. The molecule has 0 spiro atoms. The maximum absolute atomic E-state index is 12.5. The first-order valence-electron chi connectivity index (χ1n) is 7.55. The van der Waals surface area contributed by atoms with Crippen molar-refractivity contribution < 1.29 is 14.7 Å². The molecule has 3 rings (SSSR count). The second kappa shape index (κ2) is 5.84. The van der Waals surface area contributed by atoms with Gasteiger partial charge in [-0.25, -0.2) is 0 Å². The van der Waals surface area contributed by atoms with Gasteiger partial charge >= 0.3 is 5.97 Å². The summed E-state index contributed by atoms with van der Waals surface area (Å²) in [5.41, 5.74) is 0.939. The van der Waals surface area contributed by atoms with Crippen molar-refractivity contribution in [2.45, 2.75) is 50.6 Å². The fraction of sp³-hybridized carbons (Fsp3) is 0.562. The quantitative estimate of drug-likeness (QED) is 0.918. The Balaban J connectivity index is 1.65. The van der Waals surface area contributed by atoms with Crippen molar-refractivity contribution in [1.29, 1.82) is 0 Å². The monoisotopic (exact) mass is 288 g/mol. The summed E-state index contributed by atoms with van der Waals surface area (Å²) in [6.45, 7) is 0. The number of carbonyl (C=O) groups is 2. The fourth-order valence-electron chi connectivity index (χ4n) is 3.88. The van der Waals surface area contributed by atoms with Gasteiger partial charge in [0.2, 0.25) is 5.91 Å². The van der Waals surface area contributed by atoms with E-state index in [1.807, 2.05) is 17.0 Å². The van der Waals surface area contributed by atoms with Gasteiger partial charge in [0, 0.05) is 30.9 Å². The van der Waals surface area contributed by atoms with Crippen molar-refractivity contribution in [3.8, 4) is 0 Å². The normalized spacial score (nSPS) is 27.6. The van der Waals surface area contributed by atoms with Gasteiger partial charge in [0.15, 0.2) is 0 Å². The molecule has 0 radical (unpaired) electrons. The van der Waals surface area contributed by atoms with E-state index in [-0.39, 0.29) is 30.3 Å². The van der Waals surface area contributed by atoms with Crippen LogP contribution < -0.4 is 0 Å². The van der Waals surface area contributed by atoms with Gasteiger partial charge in [0.05, 0.1) is 6.42 Å². The lowest BCUT2D eigenvalue weighted by atomic mass is 9.88. The lowest BCUT2D eigenvalue weighted by Crippen LogP contribution is -2.47. The molecule has 3 heterocycles. The van der Waals surface area contributed by atoms with Crippen LogP contribution in [-0.2, 0) is 16.0 Å². The Kier molecular flexibility index (Phi) is 3.90. The molecular weight excluding hydrogens is 268 g/mol. The Morgan fingerprint density at radius 2 is 2.00 bits per heavy atom. The summed E-state index contributed by atoms with van der Waals surface area (Å²) < 4.78 is 0. The Morgan fingerprint density at radius 1 is 1.29 bits per heavy atom. The lowest BCUT2D eigenvalue weighted by Gasteiger charge is -2.38. The summed E-state index contributed by atoms with van der Waals surface area (Å²) >= 11 is 0. The molecule has 2 atom stereocenters. The number of aliphatic carboxylic acids is 1. The minimum absolute atomic E-state index is 0.157. The third kappa shape index (κ3) is 3.06. The van der Waals surface area contributed by atoms with Crippen LogP contribution in [0.2, 0.25) is 0 Å². The first-order chi connectivity index (χ1) is 10.1. The Bertz CT molecular complexity index is 518. The summed E-state index contributed by atoms with van der Waals surface area (Å²) in [5.74, 6) is -0.346. The highest BCUT2D eigenvalue weighted by Crippen LogP contribution is 2.40. The van der Waals surface area contributed by atoms with E-state index in [0.29, 0.717) is 6.42 Å². The Hall–Kier alpha value is -1.91. The van der Waals surface area contributed by atoms with E-state index in [9.17, 15) is 9.59 Å². The summed E-state index contributed by atoms with van der Waals surface area (Å²) in [7, 11) is 0. The molecule has 2 aliphatic heterocycles. The van der Waals surface area contributed by atoms with Gasteiger partial charge in [-0.05, 0) is 43.2 Å². The number of fused-ring (bicyclic) bond motifs is 2. The number of carboxylic acids is 1. The van der Waals surface area contributed by atoms with Crippen LogP contribution in [0.15, 0.2) is 24.5 Å². The second-order valence-electron chi connectivity index (χ2n) is 6.16. The number of hydrogen-bond donors (Lipinski definition) is 1. The van der Waals surface area contributed by atoms with Crippen molar-refractivity contribution in [2.24, 2.45) is 5.92 Å².